The van der Waals surface area contributed by atoms with Gasteiger partial charge in [-0.1, -0.05) is 0 Å². The smallest absolute Gasteiger partial charge is 0.270 e. The van der Waals surface area contributed by atoms with E-state index in [1.165, 1.54) is 0 Å². The van der Waals surface area contributed by atoms with Crippen molar-refractivity contribution in [2.24, 2.45) is 5.92 Å². The zero-order valence-electron chi connectivity index (χ0n) is 11.6. The number of rotatable bonds is 4. The number of halogens is 1. The Morgan fingerprint density at radius 3 is 2.76 bits per heavy atom. The Morgan fingerprint density at radius 1 is 1.33 bits per heavy atom. The fourth-order valence-electron chi connectivity index (χ4n) is 2.17. The Bertz CT molecular complexity index is 655. The summed E-state index contributed by atoms with van der Waals surface area (Å²) in [6.45, 7) is 1.92. The lowest BCUT2D eigenvalue weighted by molar-refractivity contribution is 0.0924. The highest BCUT2D eigenvalue weighted by Crippen LogP contribution is 2.40. The summed E-state index contributed by atoms with van der Waals surface area (Å²) in [6, 6.07) is 5.21. The lowest BCUT2D eigenvalue weighted by Crippen LogP contribution is -2.31. The summed E-state index contributed by atoms with van der Waals surface area (Å²) in [5.74, 6) is 0.915. The summed E-state index contributed by atoms with van der Waals surface area (Å²) in [4.78, 5) is 25.2. The predicted octanol–water partition coefficient (Wildman–Crippen LogP) is 2.82. The molecule has 1 unspecified atom stereocenters. The molecular weight excluding hydrogens is 332 g/mol. The second kappa shape index (κ2) is 5.89. The topological polar surface area (TPSA) is 67.8 Å². The van der Waals surface area contributed by atoms with Crippen LogP contribution in [-0.4, -0.2) is 20.9 Å². The van der Waals surface area contributed by atoms with Crippen LogP contribution in [0.5, 0.6) is 0 Å². The van der Waals surface area contributed by atoms with Gasteiger partial charge in [-0.25, -0.2) is 15.0 Å². The van der Waals surface area contributed by atoms with Gasteiger partial charge in [-0.2, -0.15) is 0 Å². The van der Waals surface area contributed by atoms with Crippen LogP contribution in [0.4, 0.5) is 0 Å². The third kappa shape index (κ3) is 3.44. The first-order valence-corrected chi connectivity index (χ1v) is 7.65. The van der Waals surface area contributed by atoms with E-state index in [2.05, 4.69) is 36.2 Å². The van der Waals surface area contributed by atoms with Crippen molar-refractivity contribution in [3.63, 3.8) is 0 Å². The van der Waals surface area contributed by atoms with Crippen molar-refractivity contribution in [2.45, 2.75) is 25.8 Å². The molecular formula is C15H15BrN4O. The molecule has 2 heterocycles. The van der Waals surface area contributed by atoms with Crippen LogP contribution < -0.4 is 5.32 Å². The number of hydrogen-bond donors (Lipinski definition) is 1. The minimum atomic E-state index is -0.190. The Kier molecular flexibility index (Phi) is 3.96. The number of pyridine rings is 1. The number of nitrogens with zero attached hydrogens (tertiary/aromatic N) is 3. The molecule has 1 fully saturated rings. The first kappa shape index (κ1) is 14.1. The molecule has 1 N–H and O–H groups in total. The van der Waals surface area contributed by atoms with Gasteiger partial charge in [0.1, 0.15) is 5.69 Å². The van der Waals surface area contributed by atoms with Gasteiger partial charge in [0.25, 0.3) is 5.91 Å². The van der Waals surface area contributed by atoms with Gasteiger partial charge in [0.05, 0.1) is 6.04 Å². The maximum Gasteiger partial charge on any atom is 0.270 e. The van der Waals surface area contributed by atoms with E-state index in [1.54, 1.807) is 24.5 Å². The van der Waals surface area contributed by atoms with Crippen LogP contribution in [-0.2, 0) is 0 Å². The molecule has 3 rings (SSSR count). The number of hydrogen-bond acceptors (Lipinski definition) is 4. The molecule has 1 aliphatic carbocycles. The molecule has 5 nitrogen and oxygen atoms in total. The Labute approximate surface area is 131 Å². The highest BCUT2D eigenvalue weighted by atomic mass is 79.9. The molecule has 0 spiro atoms. The second-order valence-electron chi connectivity index (χ2n) is 5.21. The molecule has 2 aromatic heterocycles. The number of aromatic nitrogens is 3. The maximum absolute atomic E-state index is 12.3. The minimum absolute atomic E-state index is 0.136. The molecule has 1 amide bonds. The van der Waals surface area contributed by atoms with Crippen LogP contribution in [0.1, 0.15) is 40.9 Å². The number of amides is 1. The normalized spacial score (nSPS) is 15.5. The number of carbonyl (C=O) groups excluding carboxylic acids is 1. The van der Waals surface area contributed by atoms with Crippen molar-refractivity contribution in [1.82, 2.24) is 20.3 Å². The van der Waals surface area contributed by atoms with Gasteiger partial charge in [0.15, 0.2) is 5.82 Å². The van der Waals surface area contributed by atoms with Crippen molar-refractivity contribution in [2.75, 3.05) is 0 Å². The first-order valence-electron chi connectivity index (χ1n) is 6.85. The van der Waals surface area contributed by atoms with Gasteiger partial charge in [0, 0.05) is 22.6 Å². The van der Waals surface area contributed by atoms with Crippen molar-refractivity contribution in [1.29, 1.82) is 0 Å². The molecule has 0 bridgehead atoms. The van der Waals surface area contributed by atoms with Crippen LogP contribution in [0.25, 0.3) is 0 Å². The Hall–Kier alpha value is -1.82. The minimum Gasteiger partial charge on any atom is -0.340 e. The van der Waals surface area contributed by atoms with Crippen molar-refractivity contribution in [3.05, 3.63) is 52.3 Å². The van der Waals surface area contributed by atoms with E-state index in [4.69, 9.17) is 0 Å². The van der Waals surface area contributed by atoms with Crippen LogP contribution in [0.2, 0.25) is 0 Å². The summed E-state index contributed by atoms with van der Waals surface area (Å²) in [5, 5.41) is 3.02. The van der Waals surface area contributed by atoms with E-state index in [9.17, 15) is 4.79 Å². The molecule has 1 atom stereocenters. The van der Waals surface area contributed by atoms with E-state index >= 15 is 0 Å². The summed E-state index contributed by atoms with van der Waals surface area (Å²) in [7, 11) is 0. The fraction of sp³-hybridized carbons (Fsp3) is 0.333. The summed E-state index contributed by atoms with van der Waals surface area (Å²) in [6.07, 6.45) is 5.54. The molecule has 2 aromatic rings. The van der Waals surface area contributed by atoms with Crippen LogP contribution in [0, 0.1) is 12.8 Å². The second-order valence-corrected chi connectivity index (χ2v) is 6.12. The van der Waals surface area contributed by atoms with E-state index in [0.717, 1.165) is 23.0 Å². The number of aryl methyl sites for hydroxylation is 1. The van der Waals surface area contributed by atoms with Gasteiger partial charge in [-0.05, 0) is 59.8 Å². The van der Waals surface area contributed by atoms with Crippen molar-refractivity contribution in [3.8, 4) is 0 Å². The molecule has 0 aliphatic heterocycles. The van der Waals surface area contributed by atoms with Gasteiger partial charge < -0.3 is 5.32 Å². The lowest BCUT2D eigenvalue weighted by Gasteiger charge is -2.17. The largest absolute Gasteiger partial charge is 0.340 e. The SMILES string of the molecule is Cc1ccnc(C(NC(=O)c2ccc(Br)cn2)C2CC2)n1. The van der Waals surface area contributed by atoms with Gasteiger partial charge in [0.2, 0.25) is 0 Å². The van der Waals surface area contributed by atoms with Crippen LogP contribution >= 0.6 is 15.9 Å². The molecule has 0 aromatic carbocycles. The zero-order valence-corrected chi connectivity index (χ0v) is 13.2. The predicted molar refractivity (Wildman–Crippen MR) is 81.6 cm³/mol. The van der Waals surface area contributed by atoms with E-state index in [0.29, 0.717) is 17.4 Å². The van der Waals surface area contributed by atoms with Crippen LogP contribution in [0.3, 0.4) is 0 Å². The molecule has 1 aliphatic rings. The Morgan fingerprint density at radius 2 is 2.14 bits per heavy atom. The highest BCUT2D eigenvalue weighted by molar-refractivity contribution is 9.10. The van der Waals surface area contributed by atoms with E-state index < -0.39 is 0 Å². The first-order chi connectivity index (χ1) is 10.1. The average molecular weight is 347 g/mol. The fourth-order valence-corrected chi connectivity index (χ4v) is 2.40. The molecule has 0 radical (unpaired) electrons. The zero-order chi connectivity index (χ0) is 14.8. The lowest BCUT2D eigenvalue weighted by atomic mass is 10.1. The summed E-state index contributed by atoms with van der Waals surface area (Å²) >= 11 is 3.31. The van der Waals surface area contributed by atoms with E-state index in [1.807, 2.05) is 13.0 Å². The molecule has 21 heavy (non-hydrogen) atoms. The van der Waals surface area contributed by atoms with E-state index in [-0.39, 0.29) is 11.9 Å². The monoisotopic (exact) mass is 346 g/mol. The average Bonchev–Trinajstić information content (AvgIpc) is 3.30. The Balaban J connectivity index is 1.79. The standard InChI is InChI=1S/C15H15BrN4O/c1-9-6-7-17-14(19-9)13(10-2-3-10)20-15(21)12-5-4-11(16)8-18-12/h4-8,10,13H,2-3H2,1H3,(H,20,21). The number of carbonyl (C=O) groups is 1. The highest BCUT2D eigenvalue weighted by Gasteiger charge is 2.35. The van der Waals surface area contributed by atoms with Crippen molar-refractivity contribution < 1.29 is 4.79 Å². The quantitative estimate of drug-likeness (QED) is 0.924. The van der Waals surface area contributed by atoms with Gasteiger partial charge in [-0.15, -0.1) is 0 Å². The van der Waals surface area contributed by atoms with Crippen LogP contribution in [0.15, 0.2) is 35.1 Å². The third-order valence-electron chi connectivity index (χ3n) is 3.43. The maximum atomic E-state index is 12.3. The van der Waals surface area contributed by atoms with Gasteiger partial charge in [-0.3, -0.25) is 4.79 Å². The summed E-state index contributed by atoms with van der Waals surface area (Å²) in [5.41, 5.74) is 1.30. The molecule has 108 valence electrons. The van der Waals surface area contributed by atoms with Gasteiger partial charge >= 0.3 is 0 Å². The third-order valence-corrected chi connectivity index (χ3v) is 3.90. The summed E-state index contributed by atoms with van der Waals surface area (Å²) < 4.78 is 0.847. The molecule has 6 heteroatoms. The number of nitrogens with one attached hydrogen (secondary N) is 1. The van der Waals surface area contributed by atoms with Crippen molar-refractivity contribution >= 4 is 21.8 Å². The molecule has 1 saturated carbocycles. The molecule has 0 saturated heterocycles.